The molecule has 0 radical (unpaired) electrons. The Morgan fingerprint density at radius 2 is 1.87 bits per heavy atom. The summed E-state index contributed by atoms with van der Waals surface area (Å²) in [7, 11) is 0. The minimum atomic E-state index is -0.725. The second kappa shape index (κ2) is 8.01. The van der Waals surface area contributed by atoms with Crippen molar-refractivity contribution >= 4 is 29.4 Å². The molecule has 0 aliphatic carbocycles. The maximum atomic E-state index is 13.5. The predicted octanol–water partition coefficient (Wildman–Crippen LogP) is 2.72. The van der Waals surface area contributed by atoms with Gasteiger partial charge in [0.25, 0.3) is 0 Å². The van der Waals surface area contributed by atoms with E-state index in [1.807, 2.05) is 0 Å². The molecule has 0 saturated carbocycles. The number of carbonyl (C=O) groups is 2. The van der Waals surface area contributed by atoms with Gasteiger partial charge in [-0.1, -0.05) is 6.07 Å². The Bertz CT molecular complexity index is 612. The van der Waals surface area contributed by atoms with Crippen molar-refractivity contribution in [2.75, 3.05) is 30.4 Å². The van der Waals surface area contributed by atoms with E-state index >= 15 is 0 Å². The average molecular weight is 339 g/mol. The van der Waals surface area contributed by atoms with Gasteiger partial charge in [0.1, 0.15) is 5.82 Å². The zero-order valence-corrected chi connectivity index (χ0v) is 13.8. The maximum Gasteiger partial charge on any atom is 0.348 e. The van der Waals surface area contributed by atoms with Crippen LogP contribution in [0.4, 0.5) is 10.1 Å². The normalized spacial score (nSPS) is 13.9. The summed E-state index contributed by atoms with van der Waals surface area (Å²) in [5, 5.41) is 0.438. The van der Waals surface area contributed by atoms with Crippen LogP contribution >= 0.6 is 11.8 Å². The van der Waals surface area contributed by atoms with Gasteiger partial charge in [-0.15, -0.1) is 11.8 Å². The average Bonchev–Trinajstić information content (AvgIpc) is 2.97. The number of nitrogens with zero attached hydrogens (tertiary/aromatic N) is 1. The molecular formula is C16H18FNO4S. The highest BCUT2D eigenvalue weighted by atomic mass is 32.2. The minimum Gasteiger partial charge on any atom is -0.462 e. The summed E-state index contributed by atoms with van der Waals surface area (Å²) in [6, 6.07) is 6.01. The van der Waals surface area contributed by atoms with Gasteiger partial charge < -0.3 is 14.4 Å². The Morgan fingerprint density at radius 3 is 2.43 bits per heavy atom. The van der Waals surface area contributed by atoms with Gasteiger partial charge in [-0.2, -0.15) is 0 Å². The van der Waals surface area contributed by atoms with Gasteiger partial charge in [0.05, 0.1) is 18.2 Å². The lowest BCUT2D eigenvalue weighted by Gasteiger charge is -2.21. The van der Waals surface area contributed by atoms with Crippen LogP contribution in [0, 0.1) is 5.82 Å². The number of hydrogen-bond acceptors (Lipinski definition) is 6. The summed E-state index contributed by atoms with van der Waals surface area (Å²) in [4.78, 5) is 26.1. The molecule has 23 heavy (non-hydrogen) atoms. The second-order valence-electron chi connectivity index (χ2n) is 4.60. The third-order valence-corrected chi connectivity index (χ3v) is 4.18. The van der Waals surface area contributed by atoms with E-state index in [-0.39, 0.29) is 24.6 Å². The van der Waals surface area contributed by atoms with Crippen LogP contribution in [0.5, 0.6) is 0 Å². The van der Waals surface area contributed by atoms with Crippen LogP contribution in [0.2, 0.25) is 0 Å². The first-order valence-electron chi connectivity index (χ1n) is 7.32. The molecule has 124 valence electrons. The first-order valence-corrected chi connectivity index (χ1v) is 8.31. The molecule has 0 amide bonds. The first-order chi connectivity index (χ1) is 11.1. The standard InChI is InChI=1S/C16H18FNO4S/c1-3-21-15(19)13(16(20)22-4-2)14-18(8-9-23-14)12-7-5-6-11(17)10-12/h5-7,10H,3-4,8-9H2,1-2H3. The molecule has 0 bridgehead atoms. The summed E-state index contributed by atoms with van der Waals surface area (Å²) < 4.78 is 23.4. The monoisotopic (exact) mass is 339 g/mol. The van der Waals surface area contributed by atoms with Crippen molar-refractivity contribution in [2.45, 2.75) is 13.8 Å². The molecule has 1 fully saturated rings. The predicted molar refractivity (Wildman–Crippen MR) is 86.5 cm³/mol. The Hall–Kier alpha value is -2.02. The van der Waals surface area contributed by atoms with E-state index < -0.39 is 11.9 Å². The Kier molecular flexibility index (Phi) is 6.04. The molecule has 7 heteroatoms. The summed E-state index contributed by atoms with van der Waals surface area (Å²) >= 11 is 1.35. The number of thioether (sulfide) groups is 1. The number of rotatable bonds is 5. The number of ether oxygens (including phenoxy) is 2. The summed E-state index contributed by atoms with van der Waals surface area (Å²) in [5.41, 5.74) is 0.441. The molecule has 1 saturated heterocycles. The fraction of sp³-hybridized carbons (Fsp3) is 0.375. The highest BCUT2D eigenvalue weighted by Gasteiger charge is 2.32. The Labute approximate surface area is 138 Å². The van der Waals surface area contributed by atoms with Crippen LogP contribution in [-0.4, -0.2) is 37.4 Å². The summed E-state index contributed by atoms with van der Waals surface area (Å²) in [5.74, 6) is -1.16. The number of carbonyl (C=O) groups excluding carboxylic acids is 2. The third kappa shape index (κ3) is 4.04. The largest absolute Gasteiger partial charge is 0.462 e. The van der Waals surface area contributed by atoms with E-state index in [0.717, 1.165) is 0 Å². The lowest BCUT2D eigenvalue weighted by atomic mass is 10.2. The van der Waals surface area contributed by atoms with Crippen LogP contribution in [0.1, 0.15) is 13.8 Å². The molecule has 0 aromatic heterocycles. The van der Waals surface area contributed by atoms with Gasteiger partial charge in [0, 0.05) is 18.0 Å². The van der Waals surface area contributed by atoms with E-state index in [1.165, 1.54) is 23.9 Å². The van der Waals surface area contributed by atoms with Crippen LogP contribution < -0.4 is 4.90 Å². The Morgan fingerprint density at radius 1 is 1.22 bits per heavy atom. The Balaban J connectivity index is 2.45. The molecule has 1 aliphatic heterocycles. The van der Waals surface area contributed by atoms with Crippen molar-refractivity contribution in [3.05, 3.63) is 40.7 Å². The smallest absolute Gasteiger partial charge is 0.348 e. The van der Waals surface area contributed by atoms with Crippen molar-refractivity contribution in [3.8, 4) is 0 Å². The zero-order chi connectivity index (χ0) is 16.8. The number of hydrogen-bond donors (Lipinski definition) is 0. The van der Waals surface area contributed by atoms with E-state index in [0.29, 0.717) is 23.0 Å². The fourth-order valence-electron chi connectivity index (χ4n) is 2.18. The zero-order valence-electron chi connectivity index (χ0n) is 13.0. The van der Waals surface area contributed by atoms with Crippen LogP contribution in [0.25, 0.3) is 0 Å². The van der Waals surface area contributed by atoms with Crippen molar-refractivity contribution in [3.63, 3.8) is 0 Å². The highest BCUT2D eigenvalue weighted by molar-refractivity contribution is 8.03. The van der Waals surface area contributed by atoms with Crippen LogP contribution in [0.3, 0.4) is 0 Å². The van der Waals surface area contributed by atoms with Crippen molar-refractivity contribution < 1.29 is 23.5 Å². The molecule has 1 heterocycles. The number of benzene rings is 1. The summed E-state index contributed by atoms with van der Waals surface area (Å²) in [6.07, 6.45) is 0. The van der Waals surface area contributed by atoms with E-state index in [9.17, 15) is 14.0 Å². The van der Waals surface area contributed by atoms with Gasteiger partial charge in [0.15, 0.2) is 5.57 Å². The quantitative estimate of drug-likeness (QED) is 0.356. The molecule has 0 atom stereocenters. The van der Waals surface area contributed by atoms with E-state index in [2.05, 4.69) is 0 Å². The fourth-order valence-corrected chi connectivity index (χ4v) is 3.31. The molecule has 5 nitrogen and oxygen atoms in total. The van der Waals surface area contributed by atoms with Crippen LogP contribution in [0.15, 0.2) is 34.9 Å². The van der Waals surface area contributed by atoms with Crippen molar-refractivity contribution in [1.29, 1.82) is 0 Å². The lowest BCUT2D eigenvalue weighted by Crippen LogP contribution is -2.26. The number of anilines is 1. The van der Waals surface area contributed by atoms with Gasteiger partial charge in [-0.05, 0) is 32.0 Å². The summed E-state index contributed by atoms with van der Waals surface area (Å²) in [6.45, 7) is 4.19. The lowest BCUT2D eigenvalue weighted by molar-refractivity contribution is -0.146. The molecule has 1 aliphatic rings. The van der Waals surface area contributed by atoms with E-state index in [1.54, 1.807) is 30.9 Å². The van der Waals surface area contributed by atoms with Crippen LogP contribution in [-0.2, 0) is 19.1 Å². The van der Waals surface area contributed by atoms with E-state index in [4.69, 9.17) is 9.47 Å². The molecule has 1 aromatic carbocycles. The second-order valence-corrected chi connectivity index (χ2v) is 5.68. The van der Waals surface area contributed by atoms with Gasteiger partial charge >= 0.3 is 11.9 Å². The SMILES string of the molecule is CCOC(=O)C(C(=O)OCC)=C1SCCN1c1cccc(F)c1. The topological polar surface area (TPSA) is 55.8 Å². The minimum absolute atomic E-state index is 0.138. The number of halogens is 1. The highest BCUT2D eigenvalue weighted by Crippen LogP contribution is 2.36. The first kappa shape index (κ1) is 17.3. The molecule has 2 rings (SSSR count). The number of esters is 2. The molecule has 0 N–H and O–H groups in total. The molecule has 1 aromatic rings. The maximum absolute atomic E-state index is 13.5. The van der Waals surface area contributed by atoms with Gasteiger partial charge in [0.2, 0.25) is 0 Å². The van der Waals surface area contributed by atoms with Crippen molar-refractivity contribution in [2.24, 2.45) is 0 Å². The third-order valence-electron chi connectivity index (χ3n) is 3.09. The molecule has 0 spiro atoms. The van der Waals surface area contributed by atoms with Gasteiger partial charge in [-0.3, -0.25) is 0 Å². The van der Waals surface area contributed by atoms with Crippen molar-refractivity contribution in [1.82, 2.24) is 0 Å². The molecule has 0 unspecified atom stereocenters. The molecular weight excluding hydrogens is 321 g/mol. The van der Waals surface area contributed by atoms with Gasteiger partial charge in [-0.25, -0.2) is 14.0 Å².